The second-order valence-electron chi connectivity index (χ2n) is 5.88. The molecular weight excluding hydrogens is 350 g/mol. The lowest BCUT2D eigenvalue weighted by Gasteiger charge is -2.03. The Morgan fingerprint density at radius 3 is 2.73 bits per heavy atom. The summed E-state index contributed by atoms with van der Waals surface area (Å²) >= 11 is 1.30. The Morgan fingerprint density at radius 2 is 2.00 bits per heavy atom. The molecule has 0 fully saturated rings. The van der Waals surface area contributed by atoms with Gasteiger partial charge in [0.15, 0.2) is 5.13 Å². The maximum Gasteiger partial charge on any atom is 0.270 e. The number of nitrogens with one attached hydrogen (secondary N) is 1. The van der Waals surface area contributed by atoms with Gasteiger partial charge in [-0.2, -0.15) is 0 Å². The number of thiazole rings is 1. The molecule has 1 amide bonds. The van der Waals surface area contributed by atoms with Crippen LogP contribution in [0.4, 0.5) is 10.8 Å². The number of nitro benzene ring substituents is 1. The number of nitrogens with zero attached hydrogens (tertiary/aromatic N) is 2. The van der Waals surface area contributed by atoms with Crippen molar-refractivity contribution < 1.29 is 9.72 Å². The molecule has 0 unspecified atom stereocenters. The lowest BCUT2D eigenvalue weighted by molar-refractivity contribution is -0.384. The van der Waals surface area contributed by atoms with Crippen LogP contribution in [-0.2, 0) is 11.2 Å². The van der Waals surface area contributed by atoms with Gasteiger partial charge in [0.1, 0.15) is 0 Å². The predicted octanol–water partition coefficient (Wildman–Crippen LogP) is 4.60. The molecule has 26 heavy (non-hydrogen) atoms. The molecule has 0 aliphatic carbocycles. The first-order valence-corrected chi connectivity index (χ1v) is 8.95. The van der Waals surface area contributed by atoms with Gasteiger partial charge in [-0.1, -0.05) is 42.0 Å². The Hall–Kier alpha value is -3.06. The summed E-state index contributed by atoms with van der Waals surface area (Å²) in [5, 5.41) is 15.9. The predicted molar refractivity (Wildman–Crippen MR) is 102 cm³/mol. The maximum absolute atomic E-state index is 12.1. The Morgan fingerprint density at radius 1 is 1.23 bits per heavy atom. The summed E-state index contributed by atoms with van der Waals surface area (Å²) in [5.74, 6) is -0.106. The summed E-state index contributed by atoms with van der Waals surface area (Å²) in [6.45, 7) is 2.03. The van der Waals surface area contributed by atoms with E-state index in [2.05, 4.69) is 10.3 Å². The topological polar surface area (TPSA) is 85.1 Å². The number of nitro groups is 1. The fraction of sp³-hybridized carbons (Fsp3) is 0.158. The number of benzene rings is 2. The van der Waals surface area contributed by atoms with E-state index in [9.17, 15) is 14.9 Å². The summed E-state index contributed by atoms with van der Waals surface area (Å²) in [7, 11) is 0. The van der Waals surface area contributed by atoms with Crippen LogP contribution in [0, 0.1) is 17.0 Å². The first-order chi connectivity index (χ1) is 12.5. The molecule has 3 aromatic rings. The minimum absolute atomic E-state index is 0.0131. The SMILES string of the molecule is Cc1ccc(CCC(=O)Nc2nc(-c3cccc([N+](=O)[O-])c3)cs2)cc1. The third-order valence-electron chi connectivity index (χ3n) is 3.86. The monoisotopic (exact) mass is 367 g/mol. The van der Waals surface area contributed by atoms with E-state index in [0.29, 0.717) is 29.2 Å². The maximum atomic E-state index is 12.1. The van der Waals surface area contributed by atoms with Crippen LogP contribution in [0.3, 0.4) is 0 Å². The van der Waals surface area contributed by atoms with Crippen LogP contribution in [0.5, 0.6) is 0 Å². The smallest absolute Gasteiger partial charge is 0.270 e. The molecule has 0 saturated carbocycles. The molecule has 1 aromatic heterocycles. The van der Waals surface area contributed by atoms with Gasteiger partial charge in [0.25, 0.3) is 5.69 Å². The van der Waals surface area contributed by atoms with E-state index in [1.807, 2.05) is 31.2 Å². The van der Waals surface area contributed by atoms with Crippen LogP contribution < -0.4 is 5.32 Å². The first-order valence-electron chi connectivity index (χ1n) is 8.07. The van der Waals surface area contributed by atoms with Crippen molar-refractivity contribution in [3.8, 4) is 11.3 Å². The van der Waals surface area contributed by atoms with Crippen LogP contribution in [0.25, 0.3) is 11.3 Å². The number of amides is 1. The number of aryl methyl sites for hydroxylation is 2. The summed E-state index contributed by atoms with van der Waals surface area (Å²) in [6.07, 6.45) is 1.03. The lowest BCUT2D eigenvalue weighted by atomic mass is 10.1. The minimum Gasteiger partial charge on any atom is -0.302 e. The fourth-order valence-corrected chi connectivity index (χ4v) is 3.17. The van der Waals surface area contributed by atoms with Gasteiger partial charge >= 0.3 is 0 Å². The summed E-state index contributed by atoms with van der Waals surface area (Å²) in [6, 6.07) is 14.4. The molecule has 6 nitrogen and oxygen atoms in total. The van der Waals surface area contributed by atoms with Crippen LogP contribution in [-0.4, -0.2) is 15.8 Å². The Balaban J connectivity index is 1.61. The fourth-order valence-electron chi connectivity index (χ4n) is 2.44. The number of carbonyl (C=O) groups is 1. The number of carbonyl (C=O) groups excluding carboxylic acids is 1. The third-order valence-corrected chi connectivity index (χ3v) is 4.62. The third kappa shape index (κ3) is 4.52. The van der Waals surface area contributed by atoms with Gasteiger partial charge in [-0.15, -0.1) is 11.3 Å². The number of hydrogen-bond acceptors (Lipinski definition) is 5. The molecule has 0 radical (unpaired) electrons. The number of non-ortho nitro benzene ring substituents is 1. The molecular formula is C19H17N3O3S. The van der Waals surface area contributed by atoms with Gasteiger partial charge in [-0.05, 0) is 18.9 Å². The van der Waals surface area contributed by atoms with E-state index in [-0.39, 0.29) is 11.6 Å². The van der Waals surface area contributed by atoms with Crippen molar-refractivity contribution >= 4 is 28.1 Å². The zero-order valence-corrected chi connectivity index (χ0v) is 15.0. The zero-order valence-electron chi connectivity index (χ0n) is 14.1. The van der Waals surface area contributed by atoms with Gasteiger partial charge in [-0.3, -0.25) is 14.9 Å². The van der Waals surface area contributed by atoms with E-state index >= 15 is 0 Å². The van der Waals surface area contributed by atoms with E-state index in [0.717, 1.165) is 5.56 Å². The van der Waals surface area contributed by atoms with Crippen molar-refractivity contribution in [2.24, 2.45) is 0 Å². The minimum atomic E-state index is -0.441. The second-order valence-corrected chi connectivity index (χ2v) is 6.74. The Bertz CT molecular complexity index is 935. The number of anilines is 1. The molecule has 132 valence electrons. The molecule has 7 heteroatoms. The quantitative estimate of drug-likeness (QED) is 0.510. The first kappa shape index (κ1) is 17.8. The van der Waals surface area contributed by atoms with Crippen molar-refractivity contribution in [1.29, 1.82) is 0 Å². The van der Waals surface area contributed by atoms with Gasteiger partial charge in [0, 0.05) is 29.5 Å². The second kappa shape index (κ2) is 7.88. The highest BCUT2D eigenvalue weighted by molar-refractivity contribution is 7.14. The molecule has 0 aliphatic rings. The zero-order chi connectivity index (χ0) is 18.5. The molecule has 1 heterocycles. The van der Waals surface area contributed by atoms with E-state index in [1.165, 1.54) is 29.0 Å². The average molecular weight is 367 g/mol. The van der Waals surface area contributed by atoms with Crippen molar-refractivity contribution in [2.45, 2.75) is 19.8 Å². The van der Waals surface area contributed by atoms with E-state index < -0.39 is 4.92 Å². The molecule has 2 aromatic carbocycles. The van der Waals surface area contributed by atoms with Crippen molar-refractivity contribution in [3.05, 3.63) is 75.2 Å². The largest absolute Gasteiger partial charge is 0.302 e. The highest BCUT2D eigenvalue weighted by atomic mass is 32.1. The molecule has 0 aliphatic heterocycles. The van der Waals surface area contributed by atoms with Gasteiger partial charge in [0.05, 0.1) is 10.6 Å². The van der Waals surface area contributed by atoms with Crippen LogP contribution in [0.2, 0.25) is 0 Å². The van der Waals surface area contributed by atoms with Crippen molar-refractivity contribution in [2.75, 3.05) is 5.32 Å². The summed E-state index contributed by atoms with van der Waals surface area (Å²) in [4.78, 5) is 26.9. The van der Waals surface area contributed by atoms with E-state index in [1.54, 1.807) is 17.5 Å². The van der Waals surface area contributed by atoms with Crippen molar-refractivity contribution in [3.63, 3.8) is 0 Å². The van der Waals surface area contributed by atoms with Crippen LogP contribution in [0.15, 0.2) is 53.9 Å². The van der Waals surface area contributed by atoms with Crippen LogP contribution >= 0.6 is 11.3 Å². The summed E-state index contributed by atoms with van der Waals surface area (Å²) in [5.41, 5.74) is 3.57. The van der Waals surface area contributed by atoms with E-state index in [4.69, 9.17) is 0 Å². The normalized spacial score (nSPS) is 10.5. The standard InChI is InChI=1S/C19H17N3O3S/c1-13-5-7-14(8-6-13)9-10-18(23)21-19-20-17(12-26-19)15-3-2-4-16(11-15)22(24)25/h2-8,11-12H,9-10H2,1H3,(H,20,21,23). The Labute approximate surface area is 154 Å². The van der Waals surface area contributed by atoms with Gasteiger partial charge in [0.2, 0.25) is 5.91 Å². The van der Waals surface area contributed by atoms with Gasteiger partial charge in [-0.25, -0.2) is 4.98 Å². The highest BCUT2D eigenvalue weighted by Crippen LogP contribution is 2.27. The number of hydrogen-bond donors (Lipinski definition) is 1. The Kier molecular flexibility index (Phi) is 5.38. The number of rotatable bonds is 6. The van der Waals surface area contributed by atoms with Gasteiger partial charge < -0.3 is 5.32 Å². The molecule has 0 saturated heterocycles. The molecule has 0 bridgehead atoms. The summed E-state index contributed by atoms with van der Waals surface area (Å²) < 4.78 is 0. The van der Waals surface area contributed by atoms with Crippen molar-refractivity contribution in [1.82, 2.24) is 4.98 Å². The van der Waals surface area contributed by atoms with Crippen LogP contribution in [0.1, 0.15) is 17.5 Å². The highest BCUT2D eigenvalue weighted by Gasteiger charge is 2.11. The lowest BCUT2D eigenvalue weighted by Crippen LogP contribution is -2.12. The molecule has 1 N–H and O–H groups in total. The molecule has 3 rings (SSSR count). The molecule has 0 spiro atoms. The average Bonchev–Trinajstić information content (AvgIpc) is 3.10. The molecule has 0 atom stereocenters. The number of aromatic nitrogens is 1.